The first-order valence-electron chi connectivity index (χ1n) is 5.65. The predicted molar refractivity (Wildman–Crippen MR) is 53.5 cm³/mol. The van der Waals surface area contributed by atoms with Gasteiger partial charge in [0.1, 0.15) is 5.78 Å². The van der Waals surface area contributed by atoms with Crippen LogP contribution in [0.1, 0.15) is 52.4 Å². The first-order chi connectivity index (χ1) is 6.14. The van der Waals surface area contributed by atoms with Crippen molar-refractivity contribution in [2.45, 2.75) is 52.4 Å². The Morgan fingerprint density at radius 2 is 2.00 bits per heavy atom. The van der Waals surface area contributed by atoms with Gasteiger partial charge in [-0.15, -0.1) is 0 Å². The Morgan fingerprint density at radius 1 is 1.23 bits per heavy atom. The van der Waals surface area contributed by atoms with Crippen LogP contribution in [-0.4, -0.2) is 5.78 Å². The Labute approximate surface area is 80.9 Å². The minimum absolute atomic E-state index is 0.379. The van der Waals surface area contributed by atoms with Gasteiger partial charge >= 0.3 is 0 Å². The molecule has 0 spiro atoms. The smallest absolute Gasteiger partial charge is 0.133 e. The van der Waals surface area contributed by atoms with Crippen molar-refractivity contribution in [1.82, 2.24) is 0 Å². The third kappa shape index (κ3) is 1.33. The Bertz CT molecular complexity index is 221. The number of rotatable bonds is 1. The normalized spacial score (nSPS) is 44.5. The molecule has 0 aromatic carbocycles. The highest BCUT2D eigenvalue weighted by molar-refractivity contribution is 5.79. The van der Waals surface area contributed by atoms with Crippen LogP contribution in [0.3, 0.4) is 0 Å². The molecule has 2 aliphatic rings. The van der Waals surface area contributed by atoms with E-state index in [1.807, 2.05) is 0 Å². The Kier molecular flexibility index (Phi) is 2.21. The van der Waals surface area contributed by atoms with Crippen molar-refractivity contribution < 1.29 is 4.79 Å². The van der Waals surface area contributed by atoms with E-state index in [2.05, 4.69) is 6.92 Å². The molecule has 0 heterocycles. The summed E-state index contributed by atoms with van der Waals surface area (Å²) in [6.45, 7) is 4.14. The molecule has 0 unspecified atom stereocenters. The van der Waals surface area contributed by atoms with Gasteiger partial charge in [0.05, 0.1) is 0 Å². The van der Waals surface area contributed by atoms with Gasteiger partial charge < -0.3 is 0 Å². The summed E-state index contributed by atoms with van der Waals surface area (Å²) in [5.74, 6) is 1.68. The van der Waals surface area contributed by atoms with Gasteiger partial charge in [-0.1, -0.05) is 19.8 Å². The SMILES string of the molecule is CC(=O)[C@@H]1CC[C@H]2CCCC[C@]21C. The molecule has 0 aliphatic heterocycles. The zero-order chi connectivity index (χ0) is 9.47. The fourth-order valence-electron chi connectivity index (χ4n) is 3.73. The molecule has 0 saturated heterocycles. The number of carbonyl (C=O) groups is 1. The molecular formula is C12H20O. The largest absolute Gasteiger partial charge is 0.300 e. The predicted octanol–water partition coefficient (Wildman–Crippen LogP) is 3.18. The highest BCUT2D eigenvalue weighted by atomic mass is 16.1. The lowest BCUT2D eigenvalue weighted by Crippen LogP contribution is -2.34. The van der Waals surface area contributed by atoms with Gasteiger partial charge in [-0.3, -0.25) is 4.79 Å². The second kappa shape index (κ2) is 3.11. The van der Waals surface area contributed by atoms with E-state index in [9.17, 15) is 4.79 Å². The molecule has 3 atom stereocenters. The van der Waals surface area contributed by atoms with Crippen molar-refractivity contribution in [1.29, 1.82) is 0 Å². The second-order valence-electron chi connectivity index (χ2n) is 5.19. The maximum atomic E-state index is 11.5. The van der Waals surface area contributed by atoms with E-state index >= 15 is 0 Å². The van der Waals surface area contributed by atoms with E-state index in [0.717, 1.165) is 12.3 Å². The molecule has 2 fully saturated rings. The average molecular weight is 180 g/mol. The standard InChI is InChI=1S/C12H20O/c1-9(13)11-7-6-10-5-3-4-8-12(10,11)2/h10-11H,3-8H2,1-2H3/t10-,11+,12-/m1/s1. The van der Waals surface area contributed by atoms with Crippen LogP contribution in [0, 0.1) is 17.3 Å². The minimum Gasteiger partial charge on any atom is -0.300 e. The van der Waals surface area contributed by atoms with Crippen LogP contribution in [-0.2, 0) is 4.79 Å². The van der Waals surface area contributed by atoms with Gasteiger partial charge in [0.25, 0.3) is 0 Å². The molecule has 0 radical (unpaired) electrons. The number of hydrogen-bond donors (Lipinski definition) is 0. The first kappa shape index (κ1) is 9.23. The molecule has 0 N–H and O–H groups in total. The molecule has 2 aliphatic carbocycles. The summed E-state index contributed by atoms with van der Waals surface area (Å²) in [5.41, 5.74) is 0.379. The maximum Gasteiger partial charge on any atom is 0.133 e. The fraction of sp³-hybridized carbons (Fsp3) is 0.917. The van der Waals surface area contributed by atoms with E-state index in [0.29, 0.717) is 17.1 Å². The fourth-order valence-corrected chi connectivity index (χ4v) is 3.73. The summed E-state index contributed by atoms with van der Waals surface area (Å²) >= 11 is 0. The van der Waals surface area contributed by atoms with E-state index < -0.39 is 0 Å². The van der Waals surface area contributed by atoms with Crippen molar-refractivity contribution in [3.05, 3.63) is 0 Å². The number of carbonyl (C=O) groups excluding carboxylic acids is 1. The van der Waals surface area contributed by atoms with Gasteiger partial charge in [0, 0.05) is 5.92 Å². The lowest BCUT2D eigenvalue weighted by Gasteiger charge is -2.39. The van der Waals surface area contributed by atoms with E-state index in [1.54, 1.807) is 6.92 Å². The van der Waals surface area contributed by atoms with Crippen LogP contribution in [0.25, 0.3) is 0 Å². The Hall–Kier alpha value is -0.330. The van der Waals surface area contributed by atoms with Crippen molar-refractivity contribution in [3.8, 4) is 0 Å². The van der Waals surface area contributed by atoms with Gasteiger partial charge in [-0.05, 0) is 43.9 Å². The average Bonchev–Trinajstić information content (AvgIpc) is 2.41. The van der Waals surface area contributed by atoms with Crippen molar-refractivity contribution in [3.63, 3.8) is 0 Å². The third-order valence-corrected chi connectivity index (χ3v) is 4.54. The number of ketones is 1. The zero-order valence-corrected chi connectivity index (χ0v) is 8.81. The zero-order valence-electron chi connectivity index (χ0n) is 8.81. The molecule has 0 aromatic heterocycles. The van der Waals surface area contributed by atoms with Crippen molar-refractivity contribution in [2.75, 3.05) is 0 Å². The molecule has 0 aromatic rings. The molecule has 1 heteroatoms. The summed E-state index contributed by atoms with van der Waals surface area (Å²) in [6.07, 6.45) is 7.88. The topological polar surface area (TPSA) is 17.1 Å². The van der Waals surface area contributed by atoms with Crippen LogP contribution in [0.15, 0.2) is 0 Å². The van der Waals surface area contributed by atoms with Gasteiger partial charge in [-0.2, -0.15) is 0 Å². The summed E-state index contributed by atoms with van der Waals surface area (Å²) in [4.78, 5) is 11.5. The molecule has 74 valence electrons. The minimum atomic E-state index is 0.379. The summed E-state index contributed by atoms with van der Waals surface area (Å²) < 4.78 is 0. The van der Waals surface area contributed by atoms with Gasteiger partial charge in [0.15, 0.2) is 0 Å². The van der Waals surface area contributed by atoms with E-state index in [4.69, 9.17) is 0 Å². The van der Waals surface area contributed by atoms with Crippen molar-refractivity contribution >= 4 is 5.78 Å². The third-order valence-electron chi connectivity index (χ3n) is 4.54. The number of fused-ring (bicyclic) bond motifs is 1. The molecule has 1 nitrogen and oxygen atoms in total. The van der Waals surface area contributed by atoms with Crippen molar-refractivity contribution in [2.24, 2.45) is 17.3 Å². The highest BCUT2D eigenvalue weighted by Crippen LogP contribution is 2.55. The van der Waals surface area contributed by atoms with Gasteiger partial charge in [0.2, 0.25) is 0 Å². The summed E-state index contributed by atoms with van der Waals surface area (Å²) in [7, 11) is 0. The maximum absolute atomic E-state index is 11.5. The van der Waals surface area contributed by atoms with Crippen LogP contribution in [0.2, 0.25) is 0 Å². The monoisotopic (exact) mass is 180 g/mol. The van der Waals surface area contributed by atoms with E-state index in [-0.39, 0.29) is 0 Å². The summed E-state index contributed by atoms with van der Waals surface area (Å²) in [5, 5.41) is 0. The van der Waals surface area contributed by atoms with E-state index in [1.165, 1.54) is 32.1 Å². The molecule has 2 saturated carbocycles. The number of Topliss-reactive ketones (excluding diaryl/α,β-unsaturated/α-hetero) is 1. The van der Waals surface area contributed by atoms with Crippen LogP contribution >= 0.6 is 0 Å². The van der Waals surface area contributed by atoms with Gasteiger partial charge in [-0.25, -0.2) is 0 Å². The highest BCUT2D eigenvalue weighted by Gasteiger charge is 2.48. The molecule has 2 rings (SSSR count). The lowest BCUT2D eigenvalue weighted by molar-refractivity contribution is -0.124. The molecular weight excluding hydrogens is 160 g/mol. The van der Waals surface area contributed by atoms with Crippen LogP contribution < -0.4 is 0 Å². The molecule has 0 amide bonds. The van der Waals surface area contributed by atoms with Crippen LogP contribution in [0.5, 0.6) is 0 Å². The first-order valence-corrected chi connectivity index (χ1v) is 5.65. The Morgan fingerprint density at radius 3 is 2.69 bits per heavy atom. The lowest BCUT2D eigenvalue weighted by atomic mass is 9.65. The second-order valence-corrected chi connectivity index (χ2v) is 5.19. The van der Waals surface area contributed by atoms with Crippen LogP contribution in [0.4, 0.5) is 0 Å². The number of hydrogen-bond acceptors (Lipinski definition) is 1. The molecule has 0 bridgehead atoms. The molecule has 13 heavy (non-hydrogen) atoms. The summed E-state index contributed by atoms with van der Waals surface area (Å²) in [6, 6.07) is 0. The Balaban J connectivity index is 2.20. The quantitative estimate of drug-likeness (QED) is 0.605.